The van der Waals surface area contributed by atoms with Crippen LogP contribution in [0.4, 0.5) is 18.9 Å². The van der Waals surface area contributed by atoms with E-state index in [4.69, 9.17) is 23.2 Å². The zero-order valence-corrected chi connectivity index (χ0v) is 11.7. The number of hydrogen-bond acceptors (Lipinski definition) is 1. The van der Waals surface area contributed by atoms with Crippen molar-refractivity contribution in [2.75, 3.05) is 5.32 Å². The quantitative estimate of drug-likeness (QED) is 0.773. The van der Waals surface area contributed by atoms with E-state index < -0.39 is 11.7 Å². The van der Waals surface area contributed by atoms with E-state index in [1.807, 2.05) is 0 Å². The van der Waals surface area contributed by atoms with E-state index in [1.165, 1.54) is 6.07 Å². The molecule has 0 amide bonds. The summed E-state index contributed by atoms with van der Waals surface area (Å²) in [7, 11) is 0. The molecule has 0 saturated heterocycles. The van der Waals surface area contributed by atoms with Crippen molar-refractivity contribution >= 4 is 28.9 Å². The van der Waals surface area contributed by atoms with Gasteiger partial charge in [-0.1, -0.05) is 35.3 Å². The first kappa shape index (κ1) is 15.0. The second kappa shape index (κ2) is 5.94. The largest absolute Gasteiger partial charge is 0.416 e. The average molecular weight is 320 g/mol. The molecule has 0 radical (unpaired) electrons. The van der Waals surface area contributed by atoms with E-state index in [2.05, 4.69) is 5.32 Å². The van der Waals surface area contributed by atoms with E-state index in [0.717, 1.165) is 12.1 Å². The monoisotopic (exact) mass is 319 g/mol. The standard InChI is InChI=1S/C14H10Cl2F3N/c15-11-4-5-12(16)13(7-11)20-8-9-2-1-3-10(6-9)14(17,18)19/h1-7,20H,8H2. The molecule has 2 rings (SSSR count). The topological polar surface area (TPSA) is 12.0 Å². The summed E-state index contributed by atoms with van der Waals surface area (Å²) in [6.45, 7) is 0.226. The Bertz CT molecular complexity index is 612. The summed E-state index contributed by atoms with van der Waals surface area (Å²) in [5, 5.41) is 3.93. The molecule has 1 nitrogen and oxygen atoms in total. The van der Waals surface area contributed by atoms with Crippen LogP contribution in [0.5, 0.6) is 0 Å². The first-order valence-electron chi connectivity index (χ1n) is 5.71. The van der Waals surface area contributed by atoms with Crippen LogP contribution in [0, 0.1) is 0 Å². The van der Waals surface area contributed by atoms with E-state index in [0.29, 0.717) is 21.3 Å². The van der Waals surface area contributed by atoms with Gasteiger partial charge in [0, 0.05) is 11.6 Å². The Morgan fingerprint density at radius 2 is 1.75 bits per heavy atom. The van der Waals surface area contributed by atoms with Crippen LogP contribution in [0.3, 0.4) is 0 Å². The molecule has 0 unspecified atom stereocenters. The molecule has 1 N–H and O–H groups in total. The molecular weight excluding hydrogens is 310 g/mol. The summed E-state index contributed by atoms with van der Waals surface area (Å²) >= 11 is 11.8. The molecule has 0 aliphatic rings. The fourth-order valence-electron chi connectivity index (χ4n) is 1.69. The number of halogens is 5. The van der Waals surface area contributed by atoms with Crippen molar-refractivity contribution in [2.45, 2.75) is 12.7 Å². The van der Waals surface area contributed by atoms with Gasteiger partial charge in [0.25, 0.3) is 0 Å². The third-order valence-corrected chi connectivity index (χ3v) is 3.23. The summed E-state index contributed by atoms with van der Waals surface area (Å²) in [6, 6.07) is 10.0. The first-order chi connectivity index (χ1) is 9.36. The predicted molar refractivity (Wildman–Crippen MR) is 75.2 cm³/mol. The SMILES string of the molecule is FC(F)(F)c1cccc(CNc2cc(Cl)ccc2Cl)c1. The normalized spacial score (nSPS) is 11.4. The smallest absolute Gasteiger partial charge is 0.380 e. The highest BCUT2D eigenvalue weighted by atomic mass is 35.5. The zero-order chi connectivity index (χ0) is 14.8. The number of benzene rings is 2. The highest BCUT2D eigenvalue weighted by Crippen LogP contribution is 2.30. The predicted octanol–water partition coefficient (Wildman–Crippen LogP) is 5.62. The van der Waals surface area contributed by atoms with E-state index in [1.54, 1.807) is 24.3 Å². The van der Waals surface area contributed by atoms with Crippen LogP contribution in [0.1, 0.15) is 11.1 Å². The minimum absolute atomic E-state index is 0.226. The molecule has 0 spiro atoms. The van der Waals surface area contributed by atoms with Crippen LogP contribution in [0.2, 0.25) is 10.0 Å². The van der Waals surface area contributed by atoms with Gasteiger partial charge in [0.1, 0.15) is 0 Å². The van der Waals surface area contributed by atoms with Gasteiger partial charge in [-0.25, -0.2) is 0 Å². The molecule has 2 aromatic carbocycles. The van der Waals surface area contributed by atoms with E-state index >= 15 is 0 Å². The summed E-state index contributed by atoms with van der Waals surface area (Å²) in [5.74, 6) is 0. The van der Waals surface area contributed by atoms with E-state index in [9.17, 15) is 13.2 Å². The number of hydrogen-bond donors (Lipinski definition) is 1. The highest BCUT2D eigenvalue weighted by Gasteiger charge is 2.30. The van der Waals surface area contributed by atoms with Crippen molar-refractivity contribution in [3.05, 3.63) is 63.6 Å². The Balaban J connectivity index is 2.13. The fraction of sp³-hybridized carbons (Fsp3) is 0.143. The molecule has 2 aromatic rings. The molecule has 0 aliphatic heterocycles. The van der Waals surface area contributed by atoms with Crippen LogP contribution >= 0.6 is 23.2 Å². The number of alkyl halides is 3. The lowest BCUT2D eigenvalue weighted by molar-refractivity contribution is -0.137. The Kier molecular flexibility index (Phi) is 4.45. The lowest BCUT2D eigenvalue weighted by Crippen LogP contribution is -2.07. The second-order valence-electron chi connectivity index (χ2n) is 4.18. The van der Waals surface area contributed by atoms with Crippen LogP contribution in [-0.4, -0.2) is 0 Å². The Morgan fingerprint density at radius 3 is 2.45 bits per heavy atom. The molecule has 0 aromatic heterocycles. The molecule has 0 saturated carbocycles. The van der Waals surface area contributed by atoms with Crippen LogP contribution < -0.4 is 5.32 Å². The van der Waals surface area contributed by atoms with Crippen molar-refractivity contribution in [3.63, 3.8) is 0 Å². The third kappa shape index (κ3) is 3.81. The van der Waals surface area contributed by atoms with Crippen molar-refractivity contribution < 1.29 is 13.2 Å². The number of rotatable bonds is 3. The van der Waals surface area contributed by atoms with Gasteiger partial charge in [0.15, 0.2) is 0 Å². The number of nitrogens with one attached hydrogen (secondary N) is 1. The van der Waals surface area contributed by atoms with Gasteiger partial charge in [-0.05, 0) is 35.9 Å². The number of anilines is 1. The summed E-state index contributed by atoms with van der Waals surface area (Å²) in [4.78, 5) is 0. The Morgan fingerprint density at radius 1 is 1.00 bits per heavy atom. The van der Waals surface area contributed by atoms with Crippen molar-refractivity contribution in [1.29, 1.82) is 0 Å². The van der Waals surface area contributed by atoms with Crippen LogP contribution in [0.25, 0.3) is 0 Å². The van der Waals surface area contributed by atoms with Gasteiger partial charge in [-0.3, -0.25) is 0 Å². The van der Waals surface area contributed by atoms with E-state index in [-0.39, 0.29) is 6.54 Å². The Hall–Kier alpha value is -1.39. The molecule has 20 heavy (non-hydrogen) atoms. The van der Waals surface area contributed by atoms with Crippen LogP contribution in [-0.2, 0) is 12.7 Å². The average Bonchev–Trinajstić information content (AvgIpc) is 2.39. The second-order valence-corrected chi connectivity index (χ2v) is 5.02. The van der Waals surface area contributed by atoms with Gasteiger partial charge in [-0.15, -0.1) is 0 Å². The molecule has 0 aliphatic carbocycles. The van der Waals surface area contributed by atoms with Gasteiger partial charge in [-0.2, -0.15) is 13.2 Å². The van der Waals surface area contributed by atoms with Crippen molar-refractivity contribution in [3.8, 4) is 0 Å². The lowest BCUT2D eigenvalue weighted by Gasteiger charge is -2.11. The zero-order valence-electron chi connectivity index (χ0n) is 10.1. The van der Waals surface area contributed by atoms with Gasteiger partial charge in [0.05, 0.1) is 16.3 Å². The maximum atomic E-state index is 12.6. The van der Waals surface area contributed by atoms with Gasteiger partial charge >= 0.3 is 6.18 Å². The maximum absolute atomic E-state index is 12.6. The third-order valence-electron chi connectivity index (χ3n) is 2.67. The lowest BCUT2D eigenvalue weighted by atomic mass is 10.1. The van der Waals surface area contributed by atoms with Crippen molar-refractivity contribution in [1.82, 2.24) is 0 Å². The summed E-state index contributed by atoms with van der Waals surface area (Å²) < 4.78 is 37.8. The molecular formula is C14H10Cl2F3N. The molecule has 0 fully saturated rings. The first-order valence-corrected chi connectivity index (χ1v) is 6.47. The summed E-state index contributed by atoms with van der Waals surface area (Å²) in [6.07, 6.45) is -4.34. The van der Waals surface area contributed by atoms with Gasteiger partial charge < -0.3 is 5.32 Å². The minimum atomic E-state index is -4.34. The molecule has 0 bridgehead atoms. The molecule has 0 heterocycles. The highest BCUT2D eigenvalue weighted by molar-refractivity contribution is 6.35. The van der Waals surface area contributed by atoms with Crippen LogP contribution in [0.15, 0.2) is 42.5 Å². The molecule has 0 atom stereocenters. The van der Waals surface area contributed by atoms with Crippen molar-refractivity contribution in [2.24, 2.45) is 0 Å². The fourth-order valence-corrected chi connectivity index (χ4v) is 2.04. The molecule has 106 valence electrons. The molecule has 6 heteroatoms. The van der Waals surface area contributed by atoms with Gasteiger partial charge in [0.2, 0.25) is 0 Å². The Labute approximate surface area is 124 Å². The minimum Gasteiger partial charge on any atom is -0.380 e. The maximum Gasteiger partial charge on any atom is 0.416 e. The summed E-state index contributed by atoms with van der Waals surface area (Å²) in [5.41, 5.74) is 0.418.